The molecular formula is C27H23F9N2O4S. The predicted molar refractivity (Wildman–Crippen MR) is 131 cm³/mol. The van der Waals surface area contributed by atoms with E-state index >= 15 is 0 Å². The van der Waals surface area contributed by atoms with Gasteiger partial charge in [0, 0.05) is 25.6 Å². The van der Waals surface area contributed by atoms with Gasteiger partial charge in [-0.3, -0.25) is 9.59 Å². The second-order valence-corrected chi connectivity index (χ2v) is 13.1. The molecule has 43 heavy (non-hydrogen) atoms. The molecule has 5 rings (SSSR count). The van der Waals surface area contributed by atoms with Crippen molar-refractivity contribution in [2.24, 2.45) is 0 Å². The molecule has 0 saturated carbocycles. The Morgan fingerprint density at radius 3 is 2.12 bits per heavy atom. The molecule has 1 aliphatic carbocycles. The van der Waals surface area contributed by atoms with Crippen molar-refractivity contribution in [1.29, 1.82) is 0 Å². The van der Waals surface area contributed by atoms with Crippen molar-refractivity contribution in [3.05, 3.63) is 65.0 Å². The van der Waals surface area contributed by atoms with E-state index in [2.05, 4.69) is 0 Å². The molecule has 0 unspecified atom stereocenters. The minimum atomic E-state index is -6.40. The monoisotopic (exact) mass is 642 g/mol. The molecule has 2 heterocycles. The first-order valence-corrected chi connectivity index (χ1v) is 14.4. The Hall–Kier alpha value is -3.30. The van der Waals surface area contributed by atoms with Gasteiger partial charge in [-0.2, -0.15) is 26.3 Å². The number of aryl methyl sites for hydroxylation is 1. The maximum Gasteiger partial charge on any atom is 0.435 e. The minimum Gasteiger partial charge on any atom is -0.336 e. The van der Waals surface area contributed by atoms with E-state index in [4.69, 9.17) is 0 Å². The van der Waals surface area contributed by atoms with Gasteiger partial charge in [-0.15, -0.1) is 0 Å². The van der Waals surface area contributed by atoms with Gasteiger partial charge >= 0.3 is 18.0 Å². The molecule has 2 amide bonds. The molecule has 6 nitrogen and oxygen atoms in total. The molecular weight excluding hydrogens is 619 g/mol. The first kappa shape index (κ1) is 31.1. The van der Waals surface area contributed by atoms with Gasteiger partial charge in [-0.1, -0.05) is 18.2 Å². The first-order chi connectivity index (χ1) is 19.8. The summed E-state index contributed by atoms with van der Waals surface area (Å²) >= 11 is 0. The molecule has 2 aromatic carbocycles. The van der Waals surface area contributed by atoms with Crippen LogP contribution in [0.25, 0.3) is 0 Å². The van der Waals surface area contributed by atoms with Crippen LogP contribution in [0, 0.1) is 5.82 Å². The summed E-state index contributed by atoms with van der Waals surface area (Å²) in [6.45, 7) is -0.279. The number of halogens is 9. The molecule has 2 saturated heterocycles. The maximum atomic E-state index is 14.9. The second kappa shape index (κ2) is 9.86. The van der Waals surface area contributed by atoms with Crippen LogP contribution in [0.5, 0.6) is 0 Å². The van der Waals surface area contributed by atoms with Gasteiger partial charge in [-0.05, 0) is 54.7 Å². The number of nitrogens with zero attached hydrogens (tertiary/aromatic N) is 2. The van der Waals surface area contributed by atoms with E-state index in [9.17, 15) is 57.5 Å². The van der Waals surface area contributed by atoms with E-state index in [1.807, 2.05) is 0 Å². The van der Waals surface area contributed by atoms with Crippen LogP contribution < -0.4 is 0 Å². The van der Waals surface area contributed by atoms with Crippen LogP contribution in [0.4, 0.5) is 39.5 Å². The lowest BCUT2D eigenvalue weighted by atomic mass is 9.76. The molecule has 0 aromatic heterocycles. The van der Waals surface area contributed by atoms with Crippen LogP contribution >= 0.6 is 0 Å². The third-order valence-corrected chi connectivity index (χ3v) is 11.3. The number of sulfone groups is 1. The van der Waals surface area contributed by atoms with Gasteiger partial charge in [0.15, 0.2) is 16.0 Å². The molecule has 0 spiro atoms. The number of hydrogen-bond donors (Lipinski definition) is 0. The SMILES string of the molecule is CN1C(=O)[C@H](F)C[C@H]1C(=O)N1CC[C@@]2(S(=O)(=O)c3ccc(F)cc3)c3ccc(C(F)(C(F)(F)F)C(F)(F)F)cc3CC[C@@H]12. The second-order valence-electron chi connectivity index (χ2n) is 10.9. The molecule has 16 heteroatoms. The number of hydrogen-bond acceptors (Lipinski definition) is 4. The molecule has 0 N–H and O–H groups in total. The van der Waals surface area contributed by atoms with Crippen LogP contribution in [0.3, 0.4) is 0 Å². The number of likely N-dealkylation sites (N-methyl/N-ethyl adjacent to an activating group) is 1. The maximum absolute atomic E-state index is 14.9. The smallest absolute Gasteiger partial charge is 0.336 e. The van der Waals surface area contributed by atoms with Crippen LogP contribution in [-0.4, -0.2) is 74.2 Å². The van der Waals surface area contributed by atoms with Gasteiger partial charge in [0.2, 0.25) is 5.91 Å². The summed E-state index contributed by atoms with van der Waals surface area (Å²) in [7, 11) is -3.47. The highest BCUT2D eigenvalue weighted by Gasteiger charge is 2.74. The summed E-state index contributed by atoms with van der Waals surface area (Å²) < 4.78 is 150. The number of benzene rings is 2. The van der Waals surface area contributed by atoms with Crippen molar-refractivity contribution in [2.75, 3.05) is 13.6 Å². The quantitative estimate of drug-likeness (QED) is 0.352. The van der Waals surface area contributed by atoms with Gasteiger partial charge in [0.1, 0.15) is 16.6 Å². The normalized spacial score (nSPS) is 26.5. The largest absolute Gasteiger partial charge is 0.435 e. The van der Waals surface area contributed by atoms with Gasteiger partial charge in [-0.25, -0.2) is 21.6 Å². The molecule has 234 valence electrons. The number of alkyl halides is 8. The van der Waals surface area contributed by atoms with Gasteiger partial charge in [0.05, 0.1) is 10.9 Å². The van der Waals surface area contributed by atoms with Crippen molar-refractivity contribution in [3.8, 4) is 0 Å². The summed E-state index contributed by atoms with van der Waals surface area (Å²) in [5.41, 5.74) is -8.08. The molecule has 0 radical (unpaired) electrons. The summed E-state index contributed by atoms with van der Waals surface area (Å²) in [5.74, 6) is -2.53. The topological polar surface area (TPSA) is 74.8 Å². The fourth-order valence-electron chi connectivity index (χ4n) is 6.61. The highest BCUT2D eigenvalue weighted by Crippen LogP contribution is 2.57. The van der Waals surface area contributed by atoms with Crippen LogP contribution in [0.15, 0.2) is 47.4 Å². The molecule has 3 aliphatic rings. The van der Waals surface area contributed by atoms with Gasteiger partial charge in [0.25, 0.3) is 5.91 Å². The fraction of sp³-hybridized carbons (Fsp3) is 0.481. The van der Waals surface area contributed by atoms with Crippen molar-refractivity contribution in [2.45, 2.75) is 71.6 Å². The van der Waals surface area contributed by atoms with E-state index in [1.54, 1.807) is 0 Å². The average Bonchev–Trinajstić information content (AvgIpc) is 3.45. The van der Waals surface area contributed by atoms with E-state index in [-0.39, 0.29) is 36.6 Å². The third-order valence-electron chi connectivity index (χ3n) is 8.75. The van der Waals surface area contributed by atoms with Crippen LogP contribution in [0.1, 0.15) is 36.0 Å². The zero-order valence-electron chi connectivity index (χ0n) is 22.1. The lowest BCUT2D eigenvalue weighted by molar-refractivity contribution is -0.348. The van der Waals surface area contributed by atoms with Crippen molar-refractivity contribution < 1.29 is 57.5 Å². The van der Waals surface area contributed by atoms with E-state index in [1.165, 1.54) is 7.05 Å². The Bertz CT molecular complexity index is 1560. The molecule has 2 aromatic rings. The zero-order chi connectivity index (χ0) is 31.9. The highest BCUT2D eigenvalue weighted by atomic mass is 32.2. The van der Waals surface area contributed by atoms with E-state index in [0.29, 0.717) is 12.1 Å². The number of carbonyl (C=O) groups excluding carboxylic acids is 2. The number of carbonyl (C=O) groups is 2. The molecule has 2 fully saturated rings. The molecule has 4 atom stereocenters. The van der Waals surface area contributed by atoms with E-state index in [0.717, 1.165) is 34.1 Å². The first-order valence-electron chi connectivity index (χ1n) is 13.0. The Labute approximate surface area is 239 Å². The van der Waals surface area contributed by atoms with E-state index < -0.39 is 91.8 Å². The fourth-order valence-corrected chi connectivity index (χ4v) is 8.97. The van der Waals surface area contributed by atoms with Crippen LogP contribution in [-0.2, 0) is 36.3 Å². The predicted octanol–water partition coefficient (Wildman–Crippen LogP) is 4.90. The lowest BCUT2D eigenvalue weighted by Crippen LogP contribution is -2.55. The number of amides is 2. The van der Waals surface area contributed by atoms with Crippen molar-refractivity contribution >= 4 is 21.7 Å². The zero-order valence-corrected chi connectivity index (χ0v) is 23.0. The number of likely N-dealkylation sites (tertiary alicyclic amines) is 2. The Morgan fingerprint density at radius 1 is 0.977 bits per heavy atom. The Morgan fingerprint density at radius 2 is 1.58 bits per heavy atom. The average molecular weight is 643 g/mol. The molecule has 2 aliphatic heterocycles. The molecule has 0 bridgehead atoms. The summed E-state index contributed by atoms with van der Waals surface area (Å²) in [4.78, 5) is 27.2. The lowest BCUT2D eigenvalue weighted by Gasteiger charge is -2.43. The Balaban J connectivity index is 1.68. The number of fused-ring (bicyclic) bond motifs is 3. The standard InChI is InChI=1S/C27H23F9N2O4S/c1-37-20(13-19(29)22(37)39)23(40)38-11-10-24(43(41,42)17-6-4-16(28)5-7-17)18-8-3-15(12-14(18)2-9-21(24)38)25(30,26(31,32)33)27(34,35)36/h3-8,12,19-21H,2,9-11,13H2,1H3/t19-,20+,21-,24-/m1/s1. The summed E-state index contributed by atoms with van der Waals surface area (Å²) in [5, 5.41) is 0. The van der Waals surface area contributed by atoms with Crippen molar-refractivity contribution in [1.82, 2.24) is 9.80 Å². The van der Waals surface area contributed by atoms with Crippen molar-refractivity contribution in [3.63, 3.8) is 0 Å². The summed E-state index contributed by atoms with van der Waals surface area (Å²) in [6, 6.07) is 2.28. The third kappa shape index (κ3) is 4.33. The minimum absolute atomic E-state index is 0.228. The summed E-state index contributed by atoms with van der Waals surface area (Å²) in [6.07, 6.45) is -16.3. The Kier molecular flexibility index (Phi) is 7.14. The highest BCUT2D eigenvalue weighted by molar-refractivity contribution is 7.92. The van der Waals surface area contributed by atoms with Gasteiger partial charge < -0.3 is 9.80 Å². The number of rotatable bonds is 4. The van der Waals surface area contributed by atoms with Crippen LogP contribution in [0.2, 0.25) is 0 Å².